The van der Waals surface area contributed by atoms with Crippen molar-refractivity contribution in [3.63, 3.8) is 0 Å². The molecule has 1 unspecified atom stereocenters. The minimum atomic E-state index is -0.660. The average Bonchev–Trinajstić information content (AvgIpc) is 2.42. The molecule has 0 aliphatic heterocycles. The summed E-state index contributed by atoms with van der Waals surface area (Å²) in [6.07, 6.45) is 1.29. The molecule has 1 heterocycles. The number of ether oxygens (including phenoxy) is 1. The monoisotopic (exact) mass is 272 g/mol. The van der Waals surface area contributed by atoms with Gasteiger partial charge in [0.2, 0.25) is 5.88 Å². The fourth-order valence-electron chi connectivity index (χ4n) is 2.48. The van der Waals surface area contributed by atoms with E-state index in [4.69, 9.17) is 4.74 Å². The molecular formula is C16H20N2O2. The molecule has 0 bridgehead atoms. The van der Waals surface area contributed by atoms with Gasteiger partial charge in [0.15, 0.2) is 0 Å². The summed E-state index contributed by atoms with van der Waals surface area (Å²) in [6.45, 7) is 6.22. The first kappa shape index (κ1) is 14.5. The van der Waals surface area contributed by atoms with Gasteiger partial charge in [0.25, 0.3) is 0 Å². The Kier molecular flexibility index (Phi) is 4.35. The Labute approximate surface area is 119 Å². The van der Waals surface area contributed by atoms with Gasteiger partial charge in [-0.3, -0.25) is 0 Å². The topological polar surface area (TPSA) is 55.2 Å². The minimum absolute atomic E-state index is 0.464. The summed E-state index contributed by atoms with van der Waals surface area (Å²) in [5.41, 5.74) is 5.38. The summed E-state index contributed by atoms with van der Waals surface area (Å²) in [7, 11) is 1.55. The Bertz CT molecular complexity index is 588. The highest BCUT2D eigenvalue weighted by molar-refractivity contribution is 5.38. The first-order chi connectivity index (χ1) is 9.51. The second-order valence-corrected chi connectivity index (χ2v) is 5.08. The molecule has 2 rings (SSSR count). The molecule has 1 N–H and O–H groups in total. The second-order valence-electron chi connectivity index (χ2n) is 5.08. The van der Waals surface area contributed by atoms with Crippen molar-refractivity contribution in [2.24, 2.45) is 0 Å². The zero-order valence-corrected chi connectivity index (χ0v) is 12.3. The van der Waals surface area contributed by atoms with Gasteiger partial charge < -0.3 is 9.84 Å². The Balaban J connectivity index is 2.25. The van der Waals surface area contributed by atoms with Gasteiger partial charge in [0, 0.05) is 12.5 Å². The van der Waals surface area contributed by atoms with Crippen LogP contribution in [0.5, 0.6) is 5.88 Å². The summed E-state index contributed by atoms with van der Waals surface area (Å²) in [6, 6.07) is 5.94. The predicted octanol–water partition coefficient (Wildman–Crippen LogP) is 2.69. The third kappa shape index (κ3) is 3.14. The van der Waals surface area contributed by atoms with Crippen LogP contribution in [0.2, 0.25) is 0 Å². The zero-order valence-electron chi connectivity index (χ0n) is 12.3. The SMILES string of the molecule is COc1cc(C(O)Cc2c(C)cc(C)cc2C)ncn1. The third-order valence-electron chi connectivity index (χ3n) is 3.45. The van der Waals surface area contributed by atoms with E-state index in [0.717, 1.165) is 0 Å². The standard InChI is InChI=1S/C16H20N2O2/c1-10-5-11(2)13(12(3)6-10)7-15(19)14-8-16(20-4)18-9-17-14/h5-6,8-9,15,19H,7H2,1-4H3. The summed E-state index contributed by atoms with van der Waals surface area (Å²) < 4.78 is 5.06. The third-order valence-corrected chi connectivity index (χ3v) is 3.45. The molecule has 0 spiro atoms. The highest BCUT2D eigenvalue weighted by atomic mass is 16.5. The van der Waals surface area contributed by atoms with E-state index < -0.39 is 6.10 Å². The molecule has 0 amide bonds. The van der Waals surface area contributed by atoms with E-state index in [0.29, 0.717) is 18.0 Å². The van der Waals surface area contributed by atoms with Crippen molar-refractivity contribution in [2.75, 3.05) is 7.11 Å². The van der Waals surface area contributed by atoms with E-state index in [1.807, 2.05) is 0 Å². The Morgan fingerprint density at radius 2 is 1.75 bits per heavy atom. The van der Waals surface area contributed by atoms with E-state index in [1.54, 1.807) is 13.2 Å². The Morgan fingerprint density at radius 3 is 2.35 bits per heavy atom. The van der Waals surface area contributed by atoms with Crippen LogP contribution in [0.1, 0.15) is 34.1 Å². The zero-order chi connectivity index (χ0) is 14.7. The smallest absolute Gasteiger partial charge is 0.216 e. The van der Waals surface area contributed by atoms with Crippen molar-refractivity contribution < 1.29 is 9.84 Å². The maximum absolute atomic E-state index is 10.4. The van der Waals surface area contributed by atoms with Gasteiger partial charge in [0.05, 0.1) is 12.8 Å². The fourth-order valence-corrected chi connectivity index (χ4v) is 2.48. The molecule has 0 radical (unpaired) electrons. The molecule has 106 valence electrons. The van der Waals surface area contributed by atoms with Gasteiger partial charge in [-0.05, 0) is 37.5 Å². The minimum Gasteiger partial charge on any atom is -0.481 e. The first-order valence-electron chi connectivity index (χ1n) is 6.62. The van der Waals surface area contributed by atoms with Gasteiger partial charge in [0.1, 0.15) is 12.4 Å². The molecule has 0 fully saturated rings. The fraction of sp³-hybridized carbons (Fsp3) is 0.375. The average molecular weight is 272 g/mol. The van der Waals surface area contributed by atoms with Gasteiger partial charge in [-0.1, -0.05) is 17.7 Å². The van der Waals surface area contributed by atoms with Crippen LogP contribution >= 0.6 is 0 Å². The van der Waals surface area contributed by atoms with Crippen LogP contribution in [0.4, 0.5) is 0 Å². The first-order valence-corrected chi connectivity index (χ1v) is 6.62. The molecule has 0 saturated carbocycles. The van der Waals surface area contributed by atoms with Crippen LogP contribution in [0.3, 0.4) is 0 Å². The normalized spacial score (nSPS) is 12.2. The molecule has 1 aromatic carbocycles. The van der Waals surface area contributed by atoms with Crippen molar-refractivity contribution >= 4 is 0 Å². The van der Waals surface area contributed by atoms with Gasteiger partial charge in [-0.25, -0.2) is 9.97 Å². The van der Waals surface area contributed by atoms with E-state index in [-0.39, 0.29) is 0 Å². The van der Waals surface area contributed by atoms with Crippen LogP contribution in [0.15, 0.2) is 24.5 Å². The van der Waals surface area contributed by atoms with E-state index in [2.05, 4.69) is 42.9 Å². The van der Waals surface area contributed by atoms with E-state index in [9.17, 15) is 5.11 Å². The van der Waals surface area contributed by atoms with E-state index in [1.165, 1.54) is 28.6 Å². The molecule has 2 aromatic rings. The lowest BCUT2D eigenvalue weighted by Gasteiger charge is -2.15. The molecule has 4 nitrogen and oxygen atoms in total. The van der Waals surface area contributed by atoms with Crippen LogP contribution in [0.25, 0.3) is 0 Å². The number of hydrogen-bond acceptors (Lipinski definition) is 4. The number of hydrogen-bond donors (Lipinski definition) is 1. The number of aliphatic hydroxyl groups excluding tert-OH is 1. The lowest BCUT2D eigenvalue weighted by molar-refractivity contribution is 0.172. The van der Waals surface area contributed by atoms with Crippen LogP contribution in [-0.4, -0.2) is 22.2 Å². The number of aryl methyl sites for hydroxylation is 3. The molecule has 1 aromatic heterocycles. The van der Waals surface area contributed by atoms with Crippen LogP contribution in [-0.2, 0) is 6.42 Å². The highest BCUT2D eigenvalue weighted by Gasteiger charge is 2.14. The number of nitrogens with zero attached hydrogens (tertiary/aromatic N) is 2. The quantitative estimate of drug-likeness (QED) is 0.929. The lowest BCUT2D eigenvalue weighted by atomic mass is 9.94. The van der Waals surface area contributed by atoms with Crippen molar-refractivity contribution in [3.05, 3.63) is 52.5 Å². The molecule has 0 aliphatic rings. The molecule has 4 heteroatoms. The number of benzene rings is 1. The van der Waals surface area contributed by atoms with Crippen molar-refractivity contribution in [1.29, 1.82) is 0 Å². The van der Waals surface area contributed by atoms with Crippen molar-refractivity contribution in [1.82, 2.24) is 9.97 Å². The summed E-state index contributed by atoms with van der Waals surface area (Å²) in [5.74, 6) is 0.464. The van der Waals surface area contributed by atoms with Crippen LogP contribution < -0.4 is 4.74 Å². The number of aromatic nitrogens is 2. The molecular weight excluding hydrogens is 252 g/mol. The number of rotatable bonds is 4. The number of methoxy groups -OCH3 is 1. The molecule has 20 heavy (non-hydrogen) atoms. The summed E-state index contributed by atoms with van der Waals surface area (Å²) in [5, 5.41) is 10.4. The summed E-state index contributed by atoms with van der Waals surface area (Å²) >= 11 is 0. The molecule has 1 atom stereocenters. The van der Waals surface area contributed by atoms with E-state index >= 15 is 0 Å². The Morgan fingerprint density at radius 1 is 1.10 bits per heavy atom. The summed E-state index contributed by atoms with van der Waals surface area (Å²) in [4.78, 5) is 8.07. The number of aliphatic hydroxyl groups is 1. The lowest BCUT2D eigenvalue weighted by Crippen LogP contribution is -2.07. The maximum Gasteiger partial charge on any atom is 0.216 e. The molecule has 0 saturated heterocycles. The Hall–Kier alpha value is -1.94. The van der Waals surface area contributed by atoms with Gasteiger partial charge in [-0.15, -0.1) is 0 Å². The van der Waals surface area contributed by atoms with Gasteiger partial charge in [-0.2, -0.15) is 0 Å². The molecule has 0 aliphatic carbocycles. The second kappa shape index (κ2) is 6.01. The van der Waals surface area contributed by atoms with Crippen molar-refractivity contribution in [3.8, 4) is 5.88 Å². The highest BCUT2D eigenvalue weighted by Crippen LogP contribution is 2.24. The largest absolute Gasteiger partial charge is 0.481 e. The van der Waals surface area contributed by atoms with Crippen LogP contribution in [0, 0.1) is 20.8 Å². The van der Waals surface area contributed by atoms with Gasteiger partial charge >= 0.3 is 0 Å². The maximum atomic E-state index is 10.4. The predicted molar refractivity (Wildman–Crippen MR) is 77.9 cm³/mol. The van der Waals surface area contributed by atoms with Crippen molar-refractivity contribution in [2.45, 2.75) is 33.3 Å².